The zero-order chi connectivity index (χ0) is 13.8. The first-order valence-electron chi connectivity index (χ1n) is 6.58. The van der Waals surface area contributed by atoms with Gasteiger partial charge in [0.25, 0.3) is 0 Å². The summed E-state index contributed by atoms with van der Waals surface area (Å²) in [4.78, 5) is 6.98. The van der Waals surface area contributed by atoms with Gasteiger partial charge in [-0.05, 0) is 42.8 Å². The van der Waals surface area contributed by atoms with Crippen LogP contribution >= 0.6 is 11.8 Å². The van der Waals surface area contributed by atoms with Crippen LogP contribution in [0.15, 0.2) is 82.7 Å². The summed E-state index contributed by atoms with van der Waals surface area (Å²) in [6, 6.07) is 23.0. The molecule has 0 unspecified atom stereocenters. The predicted octanol–water partition coefficient (Wildman–Crippen LogP) is 5.21. The Morgan fingerprint density at radius 3 is 2.40 bits per heavy atom. The van der Waals surface area contributed by atoms with Crippen molar-refractivity contribution >= 4 is 11.8 Å². The van der Waals surface area contributed by atoms with Crippen molar-refractivity contribution in [2.24, 2.45) is 0 Å². The third-order valence-electron chi connectivity index (χ3n) is 3.05. The van der Waals surface area contributed by atoms with Gasteiger partial charge in [0.1, 0.15) is 0 Å². The third kappa shape index (κ3) is 2.91. The SMILES string of the molecule is Cc1ccnc(-c2ccccc2Sc2ccccc2)c1. The first-order valence-corrected chi connectivity index (χ1v) is 7.39. The van der Waals surface area contributed by atoms with Crippen molar-refractivity contribution in [1.29, 1.82) is 0 Å². The van der Waals surface area contributed by atoms with Gasteiger partial charge in [-0.15, -0.1) is 0 Å². The van der Waals surface area contributed by atoms with Crippen molar-refractivity contribution in [3.05, 3.63) is 78.5 Å². The van der Waals surface area contributed by atoms with Crippen LogP contribution < -0.4 is 0 Å². The van der Waals surface area contributed by atoms with Crippen molar-refractivity contribution in [2.45, 2.75) is 16.7 Å². The lowest BCUT2D eigenvalue weighted by Gasteiger charge is -2.09. The molecule has 0 bridgehead atoms. The summed E-state index contributed by atoms with van der Waals surface area (Å²) in [6.45, 7) is 2.10. The van der Waals surface area contributed by atoms with Crippen molar-refractivity contribution in [1.82, 2.24) is 4.98 Å². The second kappa shape index (κ2) is 5.93. The van der Waals surface area contributed by atoms with Crippen LogP contribution in [0.3, 0.4) is 0 Å². The average molecular weight is 277 g/mol. The smallest absolute Gasteiger partial charge is 0.0715 e. The Labute approximate surface area is 123 Å². The fraction of sp³-hybridized carbons (Fsp3) is 0.0556. The third-order valence-corrected chi connectivity index (χ3v) is 4.13. The second-order valence-electron chi connectivity index (χ2n) is 4.63. The molecule has 0 aliphatic rings. The predicted molar refractivity (Wildman–Crippen MR) is 85.0 cm³/mol. The molecule has 0 saturated heterocycles. The van der Waals surface area contributed by atoms with Crippen LogP contribution in [0, 0.1) is 6.92 Å². The van der Waals surface area contributed by atoms with Crippen LogP contribution in [-0.2, 0) is 0 Å². The molecule has 3 aromatic rings. The van der Waals surface area contributed by atoms with Gasteiger partial charge in [-0.25, -0.2) is 0 Å². The van der Waals surface area contributed by atoms with Gasteiger partial charge < -0.3 is 0 Å². The lowest BCUT2D eigenvalue weighted by Crippen LogP contribution is -1.87. The van der Waals surface area contributed by atoms with Gasteiger partial charge in [0.2, 0.25) is 0 Å². The molecule has 1 nitrogen and oxygen atoms in total. The molecule has 0 atom stereocenters. The van der Waals surface area contributed by atoms with Crippen LogP contribution in [0.4, 0.5) is 0 Å². The van der Waals surface area contributed by atoms with E-state index in [-0.39, 0.29) is 0 Å². The molecule has 0 radical (unpaired) electrons. The summed E-state index contributed by atoms with van der Waals surface area (Å²) < 4.78 is 0. The van der Waals surface area contributed by atoms with E-state index in [0.717, 1.165) is 5.69 Å². The van der Waals surface area contributed by atoms with E-state index in [1.54, 1.807) is 11.8 Å². The van der Waals surface area contributed by atoms with Gasteiger partial charge in [-0.3, -0.25) is 4.98 Å². The lowest BCUT2D eigenvalue weighted by molar-refractivity contribution is 1.26. The summed E-state index contributed by atoms with van der Waals surface area (Å²) in [7, 11) is 0. The van der Waals surface area contributed by atoms with Gasteiger partial charge in [0, 0.05) is 21.6 Å². The Hall–Kier alpha value is -2.06. The van der Waals surface area contributed by atoms with Crippen molar-refractivity contribution in [3.8, 4) is 11.3 Å². The largest absolute Gasteiger partial charge is 0.256 e. The maximum atomic E-state index is 4.50. The molecule has 0 fully saturated rings. The van der Waals surface area contributed by atoms with Crippen molar-refractivity contribution in [3.63, 3.8) is 0 Å². The zero-order valence-corrected chi connectivity index (χ0v) is 12.1. The number of pyridine rings is 1. The molecule has 0 spiro atoms. The van der Waals surface area contributed by atoms with Crippen LogP contribution in [0.25, 0.3) is 11.3 Å². The first kappa shape index (κ1) is 12.9. The van der Waals surface area contributed by atoms with E-state index in [0.29, 0.717) is 0 Å². The van der Waals surface area contributed by atoms with E-state index in [2.05, 4.69) is 66.5 Å². The minimum absolute atomic E-state index is 1.03. The minimum atomic E-state index is 1.03. The molecule has 3 rings (SSSR count). The summed E-state index contributed by atoms with van der Waals surface area (Å²) in [5.74, 6) is 0. The van der Waals surface area contributed by atoms with Gasteiger partial charge >= 0.3 is 0 Å². The highest BCUT2D eigenvalue weighted by atomic mass is 32.2. The first-order chi connectivity index (χ1) is 9.83. The van der Waals surface area contributed by atoms with Gasteiger partial charge in [0.15, 0.2) is 0 Å². The number of hydrogen-bond donors (Lipinski definition) is 0. The molecule has 0 aliphatic heterocycles. The molecule has 1 heterocycles. The van der Waals surface area contributed by atoms with E-state index in [1.165, 1.54) is 20.9 Å². The number of benzene rings is 2. The summed E-state index contributed by atoms with van der Waals surface area (Å²) in [5.41, 5.74) is 3.45. The van der Waals surface area contributed by atoms with Crippen molar-refractivity contribution < 1.29 is 0 Å². The quantitative estimate of drug-likeness (QED) is 0.652. The van der Waals surface area contributed by atoms with E-state index < -0.39 is 0 Å². The molecule has 98 valence electrons. The summed E-state index contributed by atoms with van der Waals surface area (Å²) >= 11 is 1.77. The van der Waals surface area contributed by atoms with Crippen LogP contribution in [0.5, 0.6) is 0 Å². The summed E-state index contributed by atoms with van der Waals surface area (Å²) in [6.07, 6.45) is 1.87. The Morgan fingerprint density at radius 1 is 0.850 bits per heavy atom. The average Bonchev–Trinajstić information content (AvgIpc) is 2.49. The molecule has 2 heteroatoms. The molecule has 20 heavy (non-hydrogen) atoms. The lowest BCUT2D eigenvalue weighted by atomic mass is 10.1. The molecule has 2 aromatic carbocycles. The van der Waals surface area contributed by atoms with E-state index in [4.69, 9.17) is 0 Å². The molecule has 0 saturated carbocycles. The molecule has 0 aliphatic carbocycles. The van der Waals surface area contributed by atoms with E-state index in [9.17, 15) is 0 Å². The van der Waals surface area contributed by atoms with Crippen molar-refractivity contribution in [2.75, 3.05) is 0 Å². The summed E-state index contributed by atoms with van der Waals surface area (Å²) in [5, 5.41) is 0. The highest BCUT2D eigenvalue weighted by molar-refractivity contribution is 7.99. The van der Waals surface area contributed by atoms with Gasteiger partial charge in [0.05, 0.1) is 5.69 Å². The fourth-order valence-electron chi connectivity index (χ4n) is 2.07. The topological polar surface area (TPSA) is 12.9 Å². The molecular weight excluding hydrogens is 262 g/mol. The Bertz CT molecular complexity index is 707. The molecular formula is C18H15NS. The number of nitrogens with zero attached hydrogens (tertiary/aromatic N) is 1. The normalized spacial score (nSPS) is 10.4. The minimum Gasteiger partial charge on any atom is -0.256 e. The van der Waals surface area contributed by atoms with Gasteiger partial charge in [-0.2, -0.15) is 0 Å². The number of hydrogen-bond acceptors (Lipinski definition) is 2. The Morgan fingerprint density at radius 2 is 1.60 bits per heavy atom. The Balaban J connectivity index is 2.00. The maximum Gasteiger partial charge on any atom is 0.0715 e. The zero-order valence-electron chi connectivity index (χ0n) is 11.3. The standard InChI is InChI=1S/C18H15NS/c1-14-11-12-19-17(13-14)16-9-5-6-10-18(16)20-15-7-3-2-4-8-15/h2-13H,1H3. The highest BCUT2D eigenvalue weighted by Gasteiger charge is 2.07. The molecule has 0 N–H and O–H groups in total. The van der Waals surface area contributed by atoms with E-state index in [1.807, 2.05) is 18.3 Å². The maximum absolute atomic E-state index is 4.50. The second-order valence-corrected chi connectivity index (χ2v) is 5.75. The van der Waals surface area contributed by atoms with Gasteiger partial charge in [-0.1, -0.05) is 48.2 Å². The fourth-order valence-corrected chi connectivity index (χ4v) is 3.04. The number of aromatic nitrogens is 1. The Kier molecular flexibility index (Phi) is 3.84. The number of rotatable bonds is 3. The molecule has 0 amide bonds. The molecule has 1 aromatic heterocycles. The van der Waals surface area contributed by atoms with Crippen LogP contribution in [0.2, 0.25) is 0 Å². The number of aryl methyl sites for hydroxylation is 1. The van der Waals surface area contributed by atoms with Crippen LogP contribution in [-0.4, -0.2) is 4.98 Å². The van der Waals surface area contributed by atoms with Crippen LogP contribution in [0.1, 0.15) is 5.56 Å². The highest BCUT2D eigenvalue weighted by Crippen LogP contribution is 2.35. The van der Waals surface area contributed by atoms with E-state index >= 15 is 0 Å². The monoisotopic (exact) mass is 277 g/mol.